The molecule has 1 fully saturated rings. The molecule has 0 radical (unpaired) electrons. The number of nitrogens with zero attached hydrogens (tertiary/aromatic N) is 1. The average Bonchev–Trinajstić information content (AvgIpc) is 2.36. The smallest absolute Gasteiger partial charge is 0.315 e. The van der Waals surface area contributed by atoms with Gasteiger partial charge in [-0.25, -0.2) is 4.79 Å². The lowest BCUT2D eigenvalue weighted by atomic mass is 10.2. The van der Waals surface area contributed by atoms with Crippen LogP contribution < -0.4 is 5.73 Å². The van der Waals surface area contributed by atoms with Crippen LogP contribution in [-0.2, 0) is 4.74 Å². The molecule has 0 aromatic rings. The van der Waals surface area contributed by atoms with Crippen LogP contribution in [0.15, 0.2) is 0 Å². The summed E-state index contributed by atoms with van der Waals surface area (Å²) in [5.41, 5.74) is 5.15. The van der Waals surface area contributed by atoms with Crippen LogP contribution in [-0.4, -0.2) is 37.2 Å². The van der Waals surface area contributed by atoms with Crippen molar-refractivity contribution in [3.05, 3.63) is 0 Å². The first-order valence-electron chi connectivity index (χ1n) is 3.80. The Kier molecular flexibility index (Phi) is 2.70. The minimum Gasteiger partial charge on any atom is -0.383 e. The molecule has 2 N–H and O–H groups in total. The fourth-order valence-corrected chi connectivity index (χ4v) is 1.49. The molecule has 1 rings (SSSR count). The van der Waals surface area contributed by atoms with Crippen molar-refractivity contribution < 1.29 is 9.53 Å². The number of nitrogens with two attached hydrogens (primary N) is 1. The minimum atomic E-state index is -0.329. The molecule has 4 heteroatoms. The minimum absolute atomic E-state index is 0.206. The van der Waals surface area contributed by atoms with Gasteiger partial charge in [0.25, 0.3) is 0 Å². The summed E-state index contributed by atoms with van der Waals surface area (Å²) in [5.74, 6) is 0. The van der Waals surface area contributed by atoms with Crippen LogP contribution >= 0.6 is 0 Å². The highest BCUT2D eigenvalue weighted by atomic mass is 16.5. The van der Waals surface area contributed by atoms with Gasteiger partial charge in [-0.1, -0.05) is 0 Å². The molecule has 0 aliphatic carbocycles. The van der Waals surface area contributed by atoms with Crippen LogP contribution in [0.1, 0.15) is 12.8 Å². The summed E-state index contributed by atoms with van der Waals surface area (Å²) >= 11 is 0. The van der Waals surface area contributed by atoms with E-state index in [2.05, 4.69) is 0 Å². The molecule has 1 aliphatic rings. The van der Waals surface area contributed by atoms with Crippen molar-refractivity contribution in [1.82, 2.24) is 4.90 Å². The molecule has 1 atom stereocenters. The summed E-state index contributed by atoms with van der Waals surface area (Å²) < 4.78 is 4.96. The van der Waals surface area contributed by atoms with Gasteiger partial charge < -0.3 is 15.4 Å². The van der Waals surface area contributed by atoms with Crippen molar-refractivity contribution in [3.8, 4) is 0 Å². The molecule has 11 heavy (non-hydrogen) atoms. The van der Waals surface area contributed by atoms with Crippen molar-refractivity contribution in [2.24, 2.45) is 5.73 Å². The van der Waals surface area contributed by atoms with Crippen molar-refractivity contribution in [1.29, 1.82) is 0 Å². The highest BCUT2D eigenvalue weighted by molar-refractivity contribution is 5.72. The SMILES string of the molecule is COCC1CCCN1C(N)=O. The molecule has 0 bridgehead atoms. The number of likely N-dealkylation sites (tertiary alicyclic amines) is 1. The van der Waals surface area contributed by atoms with E-state index in [4.69, 9.17) is 10.5 Å². The number of hydrogen-bond acceptors (Lipinski definition) is 2. The maximum Gasteiger partial charge on any atom is 0.315 e. The predicted octanol–water partition coefficient (Wildman–Crippen LogP) is 0.176. The van der Waals surface area contributed by atoms with Crippen molar-refractivity contribution in [2.75, 3.05) is 20.3 Å². The second-order valence-corrected chi connectivity index (χ2v) is 2.78. The third-order valence-electron chi connectivity index (χ3n) is 2.02. The normalized spacial score (nSPS) is 24.1. The molecule has 0 aromatic carbocycles. The van der Waals surface area contributed by atoms with Gasteiger partial charge in [-0.2, -0.15) is 0 Å². The van der Waals surface area contributed by atoms with Crippen LogP contribution in [0.3, 0.4) is 0 Å². The standard InChI is InChI=1S/C7H14N2O2/c1-11-5-6-3-2-4-9(6)7(8)10/h6H,2-5H2,1H3,(H2,8,10). The number of urea groups is 1. The highest BCUT2D eigenvalue weighted by Crippen LogP contribution is 2.16. The Labute approximate surface area is 66.3 Å². The topological polar surface area (TPSA) is 55.6 Å². The fourth-order valence-electron chi connectivity index (χ4n) is 1.49. The van der Waals surface area contributed by atoms with Crippen molar-refractivity contribution in [3.63, 3.8) is 0 Å². The summed E-state index contributed by atoms with van der Waals surface area (Å²) in [6, 6.07) is -0.123. The van der Waals surface area contributed by atoms with E-state index in [1.165, 1.54) is 0 Å². The summed E-state index contributed by atoms with van der Waals surface area (Å²) in [6.07, 6.45) is 2.05. The number of methoxy groups -OCH3 is 1. The van der Waals surface area contributed by atoms with Crippen molar-refractivity contribution >= 4 is 6.03 Å². The Morgan fingerprint density at radius 3 is 3.09 bits per heavy atom. The van der Waals surface area contributed by atoms with E-state index in [0.717, 1.165) is 19.4 Å². The molecule has 2 amide bonds. The summed E-state index contributed by atoms with van der Waals surface area (Å²) in [5, 5.41) is 0. The molecule has 0 saturated carbocycles. The lowest BCUT2D eigenvalue weighted by molar-refractivity contribution is 0.127. The highest BCUT2D eigenvalue weighted by Gasteiger charge is 2.26. The Balaban J connectivity index is 2.44. The number of hydrogen-bond donors (Lipinski definition) is 1. The van der Waals surface area contributed by atoms with Gasteiger partial charge in [0, 0.05) is 13.7 Å². The molecule has 0 spiro atoms. The summed E-state index contributed by atoms with van der Waals surface area (Å²) in [4.78, 5) is 12.4. The molecule has 1 unspecified atom stereocenters. The lowest BCUT2D eigenvalue weighted by Gasteiger charge is -2.21. The Morgan fingerprint density at radius 1 is 1.82 bits per heavy atom. The van der Waals surface area contributed by atoms with Crippen LogP contribution in [0, 0.1) is 0 Å². The van der Waals surface area contributed by atoms with Gasteiger partial charge in [0.2, 0.25) is 0 Å². The van der Waals surface area contributed by atoms with E-state index < -0.39 is 0 Å². The summed E-state index contributed by atoms with van der Waals surface area (Å²) in [7, 11) is 1.64. The van der Waals surface area contributed by atoms with Gasteiger partial charge in [-0.05, 0) is 12.8 Å². The second kappa shape index (κ2) is 3.57. The van der Waals surface area contributed by atoms with Crippen LogP contribution in [0.25, 0.3) is 0 Å². The maximum absolute atomic E-state index is 10.8. The fraction of sp³-hybridized carbons (Fsp3) is 0.857. The molecular formula is C7H14N2O2. The molecule has 1 saturated heterocycles. The summed E-state index contributed by atoms with van der Waals surface area (Å²) in [6.45, 7) is 1.38. The zero-order valence-corrected chi connectivity index (χ0v) is 6.75. The Hall–Kier alpha value is -0.770. The van der Waals surface area contributed by atoms with Gasteiger partial charge in [0.15, 0.2) is 0 Å². The molecule has 4 nitrogen and oxygen atoms in total. The molecule has 1 aliphatic heterocycles. The lowest BCUT2D eigenvalue weighted by Crippen LogP contribution is -2.41. The quantitative estimate of drug-likeness (QED) is 0.623. The molecular weight excluding hydrogens is 144 g/mol. The number of rotatable bonds is 2. The van der Waals surface area contributed by atoms with E-state index in [0.29, 0.717) is 6.61 Å². The number of amides is 2. The van der Waals surface area contributed by atoms with Gasteiger partial charge in [0.05, 0.1) is 12.6 Å². The maximum atomic E-state index is 10.8. The first-order valence-corrected chi connectivity index (χ1v) is 3.80. The molecule has 64 valence electrons. The zero-order chi connectivity index (χ0) is 8.27. The van der Waals surface area contributed by atoms with E-state index >= 15 is 0 Å². The third kappa shape index (κ3) is 1.83. The van der Waals surface area contributed by atoms with Crippen LogP contribution in [0.5, 0.6) is 0 Å². The predicted molar refractivity (Wildman–Crippen MR) is 41.2 cm³/mol. The van der Waals surface area contributed by atoms with E-state index in [9.17, 15) is 4.79 Å². The van der Waals surface area contributed by atoms with Gasteiger partial charge in [-0.15, -0.1) is 0 Å². The van der Waals surface area contributed by atoms with Crippen molar-refractivity contribution in [2.45, 2.75) is 18.9 Å². The van der Waals surface area contributed by atoms with Crippen LogP contribution in [0.2, 0.25) is 0 Å². The first kappa shape index (κ1) is 8.33. The second-order valence-electron chi connectivity index (χ2n) is 2.78. The number of carbonyl (C=O) groups is 1. The Morgan fingerprint density at radius 2 is 2.55 bits per heavy atom. The van der Waals surface area contributed by atoms with E-state index in [1.807, 2.05) is 0 Å². The van der Waals surface area contributed by atoms with Gasteiger partial charge in [-0.3, -0.25) is 0 Å². The van der Waals surface area contributed by atoms with Crippen LogP contribution in [0.4, 0.5) is 4.79 Å². The number of carbonyl (C=O) groups excluding carboxylic acids is 1. The van der Waals surface area contributed by atoms with E-state index in [-0.39, 0.29) is 12.1 Å². The molecule has 1 heterocycles. The Bertz CT molecular complexity index is 149. The van der Waals surface area contributed by atoms with Gasteiger partial charge in [0.1, 0.15) is 0 Å². The third-order valence-corrected chi connectivity index (χ3v) is 2.02. The van der Waals surface area contributed by atoms with E-state index in [1.54, 1.807) is 12.0 Å². The molecule has 0 aromatic heterocycles. The average molecular weight is 158 g/mol. The first-order chi connectivity index (χ1) is 5.25. The zero-order valence-electron chi connectivity index (χ0n) is 6.75. The number of primary amides is 1. The largest absolute Gasteiger partial charge is 0.383 e. The monoisotopic (exact) mass is 158 g/mol. The van der Waals surface area contributed by atoms with Gasteiger partial charge >= 0.3 is 6.03 Å². The number of ether oxygens (including phenoxy) is 1.